The van der Waals surface area contributed by atoms with Gasteiger partial charge >= 0.3 is 5.97 Å². The van der Waals surface area contributed by atoms with E-state index in [1.165, 1.54) is 10.6 Å². The maximum atomic E-state index is 13.8. The smallest absolute Gasteiger partial charge is 0.338 e. The molecule has 0 unspecified atom stereocenters. The van der Waals surface area contributed by atoms with E-state index in [-0.39, 0.29) is 18.2 Å². The normalized spacial score (nSPS) is 18.1. The van der Waals surface area contributed by atoms with Crippen LogP contribution in [0, 0.1) is 12.7 Å². The van der Waals surface area contributed by atoms with Crippen molar-refractivity contribution in [1.82, 2.24) is 14.6 Å². The van der Waals surface area contributed by atoms with E-state index in [0.29, 0.717) is 11.2 Å². The molecule has 0 radical (unpaired) electrons. The summed E-state index contributed by atoms with van der Waals surface area (Å²) in [5, 5.41) is 6.79. The molecule has 8 nitrogen and oxygen atoms in total. The van der Waals surface area contributed by atoms with Crippen molar-refractivity contribution in [2.24, 2.45) is 0 Å². The first-order valence-corrected chi connectivity index (χ1v) is 9.04. The van der Waals surface area contributed by atoms with E-state index in [0.717, 1.165) is 11.1 Å². The maximum absolute atomic E-state index is 13.8. The highest BCUT2D eigenvalue weighted by Gasteiger charge is 2.42. The molecule has 3 heterocycles. The second-order valence-electron chi connectivity index (χ2n) is 7.25. The summed E-state index contributed by atoms with van der Waals surface area (Å²) in [6, 6.07) is 8.41. The number of anilines is 1. The Morgan fingerprint density at radius 2 is 2.10 bits per heavy atom. The zero-order chi connectivity index (χ0) is 20.8. The highest BCUT2D eigenvalue weighted by Crippen LogP contribution is 2.27. The van der Waals surface area contributed by atoms with Gasteiger partial charge in [-0.25, -0.2) is 13.7 Å². The SMILES string of the molecule is Cc1c(F)cccc1-c1ccc2nc(NC(=O)C[C@@H]3OC(C)(C)OC3=O)nn2c1. The number of hydrogen-bond donors (Lipinski definition) is 1. The Bertz CT molecular complexity index is 1120. The predicted octanol–water partition coefficient (Wildman–Crippen LogP) is 2.85. The standard InChI is InChI=1S/C20H19FN4O4/c1-11-13(5-4-6-14(11)21)12-7-8-16-22-19(24-25(16)10-12)23-17(26)9-15-18(27)29-20(2,3)28-15/h4-8,10,15H,9H2,1-3H3,(H,23,24,26)/t15-/m0/s1. The lowest BCUT2D eigenvalue weighted by Crippen LogP contribution is -2.26. The van der Waals surface area contributed by atoms with Crippen LogP contribution in [0.5, 0.6) is 0 Å². The monoisotopic (exact) mass is 398 g/mol. The van der Waals surface area contributed by atoms with Crippen LogP contribution in [0.1, 0.15) is 25.8 Å². The number of nitrogens with zero attached hydrogens (tertiary/aromatic N) is 3. The number of esters is 1. The van der Waals surface area contributed by atoms with Crippen LogP contribution in [0.2, 0.25) is 0 Å². The van der Waals surface area contributed by atoms with Crippen molar-refractivity contribution in [3.8, 4) is 11.1 Å². The molecule has 0 saturated carbocycles. The molecule has 9 heteroatoms. The first-order valence-electron chi connectivity index (χ1n) is 9.04. The van der Waals surface area contributed by atoms with Crippen molar-refractivity contribution < 1.29 is 23.5 Å². The van der Waals surface area contributed by atoms with E-state index >= 15 is 0 Å². The van der Waals surface area contributed by atoms with E-state index in [1.807, 2.05) is 12.1 Å². The van der Waals surface area contributed by atoms with Crippen molar-refractivity contribution in [2.45, 2.75) is 39.1 Å². The molecule has 0 aliphatic carbocycles. The van der Waals surface area contributed by atoms with Gasteiger partial charge in [-0.1, -0.05) is 12.1 Å². The topological polar surface area (TPSA) is 94.8 Å². The van der Waals surface area contributed by atoms with Crippen molar-refractivity contribution in [1.29, 1.82) is 0 Å². The molecule has 29 heavy (non-hydrogen) atoms. The van der Waals surface area contributed by atoms with Crippen molar-refractivity contribution in [2.75, 3.05) is 5.32 Å². The Hall–Kier alpha value is -3.33. The second kappa shape index (κ2) is 6.93. The summed E-state index contributed by atoms with van der Waals surface area (Å²) in [5.41, 5.74) is 2.55. The fourth-order valence-electron chi connectivity index (χ4n) is 3.21. The summed E-state index contributed by atoms with van der Waals surface area (Å²) >= 11 is 0. The van der Waals surface area contributed by atoms with Gasteiger partial charge in [0.05, 0.1) is 6.42 Å². The number of fused-ring (bicyclic) bond motifs is 1. The molecule has 2 aromatic heterocycles. The Kier molecular flexibility index (Phi) is 4.54. The van der Waals surface area contributed by atoms with Gasteiger partial charge < -0.3 is 9.47 Å². The molecule has 1 atom stereocenters. The van der Waals surface area contributed by atoms with E-state index in [9.17, 15) is 14.0 Å². The number of ether oxygens (including phenoxy) is 2. The Morgan fingerprint density at radius 1 is 1.31 bits per heavy atom. The number of benzene rings is 1. The molecule has 1 fully saturated rings. The summed E-state index contributed by atoms with van der Waals surface area (Å²) in [7, 11) is 0. The van der Waals surface area contributed by atoms with Crippen LogP contribution in [0.4, 0.5) is 10.3 Å². The number of nitrogens with one attached hydrogen (secondary N) is 1. The summed E-state index contributed by atoms with van der Waals surface area (Å²) in [6.45, 7) is 4.91. The van der Waals surface area contributed by atoms with Crippen LogP contribution in [0.15, 0.2) is 36.5 Å². The zero-order valence-electron chi connectivity index (χ0n) is 16.1. The number of hydrogen-bond acceptors (Lipinski definition) is 6. The molecule has 4 rings (SSSR count). The highest BCUT2D eigenvalue weighted by atomic mass is 19.1. The summed E-state index contributed by atoms with van der Waals surface area (Å²) in [5.74, 6) is -2.29. The van der Waals surface area contributed by atoms with Crippen LogP contribution >= 0.6 is 0 Å². The first kappa shape index (κ1) is 19.0. The first-order chi connectivity index (χ1) is 13.7. The molecule has 1 aliphatic rings. The molecule has 0 spiro atoms. The third kappa shape index (κ3) is 3.81. The number of cyclic esters (lactones) is 1. The lowest BCUT2D eigenvalue weighted by molar-refractivity contribution is -0.160. The number of aromatic nitrogens is 3. The van der Waals surface area contributed by atoms with Gasteiger partial charge in [-0.2, -0.15) is 4.98 Å². The molecule has 1 saturated heterocycles. The molecule has 0 bridgehead atoms. The predicted molar refractivity (Wildman–Crippen MR) is 101 cm³/mol. The van der Waals surface area contributed by atoms with Crippen molar-refractivity contribution >= 4 is 23.5 Å². The van der Waals surface area contributed by atoms with Gasteiger partial charge in [0.2, 0.25) is 17.6 Å². The number of pyridine rings is 1. The summed E-state index contributed by atoms with van der Waals surface area (Å²) < 4.78 is 25.8. The molecule has 1 amide bonds. The van der Waals surface area contributed by atoms with Crippen LogP contribution in [0.3, 0.4) is 0 Å². The zero-order valence-corrected chi connectivity index (χ0v) is 16.1. The van der Waals surface area contributed by atoms with E-state index in [1.54, 1.807) is 39.1 Å². The molecule has 150 valence electrons. The van der Waals surface area contributed by atoms with Crippen LogP contribution in [0.25, 0.3) is 16.8 Å². The van der Waals surface area contributed by atoms with Gasteiger partial charge in [0, 0.05) is 25.6 Å². The molecule has 1 aliphatic heterocycles. The minimum atomic E-state index is -1.05. The molecule has 3 aromatic rings. The average Bonchev–Trinajstić information content (AvgIpc) is 3.15. The Morgan fingerprint density at radius 3 is 2.83 bits per heavy atom. The number of carbonyl (C=O) groups excluding carboxylic acids is 2. The number of halogens is 1. The van der Waals surface area contributed by atoms with E-state index in [2.05, 4.69) is 15.4 Å². The van der Waals surface area contributed by atoms with Gasteiger partial charge in [-0.05, 0) is 36.2 Å². The number of amides is 1. The molecule has 1 aromatic carbocycles. The van der Waals surface area contributed by atoms with Crippen molar-refractivity contribution in [3.05, 3.63) is 47.9 Å². The third-order valence-corrected chi connectivity index (χ3v) is 4.57. The average molecular weight is 398 g/mol. The lowest BCUT2D eigenvalue weighted by atomic mass is 10.0. The van der Waals surface area contributed by atoms with Gasteiger partial charge in [0.1, 0.15) is 5.82 Å². The van der Waals surface area contributed by atoms with Crippen LogP contribution in [-0.4, -0.2) is 38.4 Å². The highest BCUT2D eigenvalue weighted by molar-refractivity contribution is 5.93. The largest absolute Gasteiger partial charge is 0.432 e. The van der Waals surface area contributed by atoms with Crippen molar-refractivity contribution in [3.63, 3.8) is 0 Å². The van der Waals surface area contributed by atoms with Gasteiger partial charge in [-0.15, -0.1) is 5.10 Å². The number of rotatable bonds is 4. The van der Waals surface area contributed by atoms with Gasteiger partial charge in [-0.3, -0.25) is 10.1 Å². The second-order valence-corrected chi connectivity index (χ2v) is 7.25. The maximum Gasteiger partial charge on any atom is 0.338 e. The van der Waals surface area contributed by atoms with Gasteiger partial charge in [0.25, 0.3) is 0 Å². The Balaban J connectivity index is 1.51. The molecular formula is C20H19FN4O4. The fraction of sp³-hybridized carbons (Fsp3) is 0.300. The third-order valence-electron chi connectivity index (χ3n) is 4.57. The molecule has 1 N–H and O–H groups in total. The molecular weight excluding hydrogens is 379 g/mol. The van der Waals surface area contributed by atoms with Gasteiger partial charge in [0.15, 0.2) is 11.8 Å². The van der Waals surface area contributed by atoms with Crippen LogP contribution in [-0.2, 0) is 19.1 Å². The minimum absolute atomic E-state index is 0.0914. The summed E-state index contributed by atoms with van der Waals surface area (Å²) in [4.78, 5) is 28.2. The van der Waals surface area contributed by atoms with E-state index in [4.69, 9.17) is 9.47 Å². The van der Waals surface area contributed by atoms with Crippen LogP contribution < -0.4 is 5.32 Å². The fourth-order valence-corrected chi connectivity index (χ4v) is 3.21. The number of carbonyl (C=O) groups is 2. The minimum Gasteiger partial charge on any atom is -0.432 e. The Labute approximate surface area is 165 Å². The quantitative estimate of drug-likeness (QED) is 0.679. The lowest BCUT2D eigenvalue weighted by Gasteiger charge is -2.14. The van der Waals surface area contributed by atoms with E-state index < -0.39 is 23.8 Å². The summed E-state index contributed by atoms with van der Waals surface area (Å²) in [6.07, 6.45) is 0.537.